The van der Waals surface area contributed by atoms with Crippen LogP contribution < -0.4 is 0 Å². The van der Waals surface area contributed by atoms with Crippen LogP contribution in [-0.4, -0.2) is 64.6 Å². The highest BCUT2D eigenvalue weighted by Gasteiger charge is 2.39. The molecule has 1 aromatic rings. The number of fused-ring (bicyclic) bond motifs is 1. The van der Waals surface area contributed by atoms with E-state index in [2.05, 4.69) is 0 Å². The van der Waals surface area contributed by atoms with E-state index in [0.717, 1.165) is 12.1 Å². The standard InChI is InChI=1S/C16H23N3O3/c1-11-4-5-13(17(11)3)16(21)18-7-6-15-14(10-18)19(12(2)20)8-9-22-15/h4-5,14-15H,6-10H2,1-3H3. The van der Waals surface area contributed by atoms with E-state index in [1.807, 2.05) is 40.5 Å². The molecule has 120 valence electrons. The van der Waals surface area contributed by atoms with Gasteiger partial charge in [-0.25, -0.2) is 0 Å². The van der Waals surface area contributed by atoms with Gasteiger partial charge < -0.3 is 19.1 Å². The average molecular weight is 305 g/mol. The number of amides is 2. The molecule has 0 aromatic carbocycles. The van der Waals surface area contributed by atoms with Crippen LogP contribution in [0.1, 0.15) is 29.5 Å². The van der Waals surface area contributed by atoms with Crippen molar-refractivity contribution in [2.45, 2.75) is 32.4 Å². The molecule has 0 saturated carbocycles. The molecule has 0 spiro atoms. The minimum absolute atomic E-state index is 0.0229. The third kappa shape index (κ3) is 2.52. The zero-order valence-electron chi connectivity index (χ0n) is 13.4. The van der Waals surface area contributed by atoms with Crippen LogP contribution in [0.2, 0.25) is 0 Å². The average Bonchev–Trinajstić information content (AvgIpc) is 2.85. The van der Waals surface area contributed by atoms with Gasteiger partial charge >= 0.3 is 0 Å². The Morgan fingerprint density at radius 2 is 2.05 bits per heavy atom. The summed E-state index contributed by atoms with van der Waals surface area (Å²) in [4.78, 5) is 28.3. The Kier molecular flexibility index (Phi) is 3.95. The van der Waals surface area contributed by atoms with Gasteiger partial charge in [-0.15, -0.1) is 0 Å². The minimum Gasteiger partial charge on any atom is -0.374 e. The first kappa shape index (κ1) is 15.1. The van der Waals surface area contributed by atoms with Crippen molar-refractivity contribution in [1.29, 1.82) is 0 Å². The van der Waals surface area contributed by atoms with Crippen molar-refractivity contribution in [3.63, 3.8) is 0 Å². The summed E-state index contributed by atoms with van der Waals surface area (Å²) in [6.07, 6.45) is 0.834. The molecule has 0 aliphatic carbocycles. The third-order valence-electron chi connectivity index (χ3n) is 4.87. The molecule has 2 saturated heterocycles. The molecule has 6 heteroatoms. The Balaban J connectivity index is 1.78. The van der Waals surface area contributed by atoms with Crippen molar-refractivity contribution in [2.75, 3.05) is 26.2 Å². The fourth-order valence-electron chi connectivity index (χ4n) is 3.44. The molecular formula is C16H23N3O3. The highest BCUT2D eigenvalue weighted by Crippen LogP contribution is 2.24. The van der Waals surface area contributed by atoms with Gasteiger partial charge in [-0.3, -0.25) is 9.59 Å². The molecule has 2 atom stereocenters. The highest BCUT2D eigenvalue weighted by molar-refractivity contribution is 5.93. The summed E-state index contributed by atoms with van der Waals surface area (Å²) in [5.74, 6) is 0.0884. The number of ether oxygens (including phenoxy) is 1. The molecule has 3 heterocycles. The Morgan fingerprint density at radius 1 is 1.27 bits per heavy atom. The van der Waals surface area contributed by atoms with Crippen LogP contribution in [0.3, 0.4) is 0 Å². The van der Waals surface area contributed by atoms with Crippen LogP contribution in [-0.2, 0) is 16.6 Å². The van der Waals surface area contributed by atoms with Gasteiger partial charge in [0.25, 0.3) is 5.91 Å². The zero-order chi connectivity index (χ0) is 15.9. The van der Waals surface area contributed by atoms with Crippen molar-refractivity contribution in [3.05, 3.63) is 23.5 Å². The molecule has 0 N–H and O–H groups in total. The van der Waals surface area contributed by atoms with Gasteiger partial charge in [-0.1, -0.05) is 0 Å². The molecular weight excluding hydrogens is 282 g/mol. The second kappa shape index (κ2) is 5.76. The molecule has 2 amide bonds. The van der Waals surface area contributed by atoms with Gasteiger partial charge in [0.15, 0.2) is 0 Å². The lowest BCUT2D eigenvalue weighted by Gasteiger charge is -2.46. The summed E-state index contributed by atoms with van der Waals surface area (Å²) in [6.45, 7) is 6.00. The normalized spacial score (nSPS) is 25.0. The van der Waals surface area contributed by atoms with Crippen LogP contribution in [0, 0.1) is 6.92 Å². The first-order valence-corrected chi connectivity index (χ1v) is 7.79. The summed E-state index contributed by atoms with van der Waals surface area (Å²) < 4.78 is 7.70. The van der Waals surface area contributed by atoms with Crippen molar-refractivity contribution in [2.24, 2.45) is 7.05 Å². The summed E-state index contributed by atoms with van der Waals surface area (Å²) in [7, 11) is 1.90. The van der Waals surface area contributed by atoms with E-state index in [1.54, 1.807) is 6.92 Å². The summed E-state index contributed by atoms with van der Waals surface area (Å²) in [5.41, 5.74) is 1.76. The summed E-state index contributed by atoms with van der Waals surface area (Å²) >= 11 is 0. The Bertz CT molecular complexity index is 595. The van der Waals surface area contributed by atoms with Gasteiger partial charge in [0.1, 0.15) is 5.69 Å². The Morgan fingerprint density at radius 3 is 2.68 bits per heavy atom. The molecule has 2 aliphatic heterocycles. The van der Waals surface area contributed by atoms with E-state index in [4.69, 9.17) is 4.74 Å². The van der Waals surface area contributed by atoms with Gasteiger partial charge in [0.05, 0.1) is 18.8 Å². The topological polar surface area (TPSA) is 54.8 Å². The van der Waals surface area contributed by atoms with Gasteiger partial charge in [0, 0.05) is 39.3 Å². The number of rotatable bonds is 1. The fourth-order valence-corrected chi connectivity index (χ4v) is 3.44. The van der Waals surface area contributed by atoms with Crippen molar-refractivity contribution >= 4 is 11.8 Å². The number of nitrogens with zero attached hydrogens (tertiary/aromatic N) is 3. The van der Waals surface area contributed by atoms with E-state index < -0.39 is 0 Å². The maximum atomic E-state index is 12.7. The Labute approximate surface area is 130 Å². The summed E-state index contributed by atoms with van der Waals surface area (Å²) in [6, 6.07) is 3.79. The minimum atomic E-state index is -0.0229. The van der Waals surface area contributed by atoms with Crippen LogP contribution in [0.25, 0.3) is 0 Å². The Hall–Kier alpha value is -1.82. The lowest BCUT2D eigenvalue weighted by molar-refractivity contribution is -0.149. The van der Waals surface area contributed by atoms with Gasteiger partial charge in [-0.05, 0) is 25.5 Å². The van der Waals surface area contributed by atoms with Crippen LogP contribution in [0.5, 0.6) is 0 Å². The van der Waals surface area contributed by atoms with Gasteiger partial charge in [0.2, 0.25) is 5.91 Å². The van der Waals surface area contributed by atoms with Crippen LogP contribution in [0.15, 0.2) is 12.1 Å². The lowest BCUT2D eigenvalue weighted by Crippen LogP contribution is -2.61. The van der Waals surface area contributed by atoms with E-state index in [0.29, 0.717) is 31.9 Å². The molecule has 2 fully saturated rings. The predicted octanol–water partition coefficient (Wildman–Crippen LogP) is 0.795. The fraction of sp³-hybridized carbons (Fsp3) is 0.625. The molecule has 0 radical (unpaired) electrons. The number of piperidine rings is 1. The SMILES string of the molecule is CC(=O)N1CCOC2CCN(C(=O)c3ccc(C)n3C)CC21. The number of carbonyl (C=O) groups is 2. The van der Waals surface area contributed by atoms with Crippen LogP contribution in [0.4, 0.5) is 0 Å². The van der Waals surface area contributed by atoms with E-state index in [-0.39, 0.29) is 24.0 Å². The monoisotopic (exact) mass is 305 g/mol. The molecule has 3 rings (SSSR count). The number of aryl methyl sites for hydroxylation is 1. The summed E-state index contributed by atoms with van der Waals surface area (Å²) in [5, 5.41) is 0. The van der Waals surface area contributed by atoms with Crippen LogP contribution >= 0.6 is 0 Å². The number of likely N-dealkylation sites (tertiary alicyclic amines) is 1. The second-order valence-corrected chi connectivity index (χ2v) is 6.15. The number of morpholine rings is 1. The highest BCUT2D eigenvalue weighted by atomic mass is 16.5. The number of hydrogen-bond donors (Lipinski definition) is 0. The molecule has 6 nitrogen and oxygen atoms in total. The molecule has 1 aromatic heterocycles. The first-order chi connectivity index (χ1) is 10.5. The van der Waals surface area contributed by atoms with E-state index in [1.165, 1.54) is 0 Å². The van der Waals surface area contributed by atoms with Gasteiger partial charge in [-0.2, -0.15) is 0 Å². The van der Waals surface area contributed by atoms with Crippen molar-refractivity contribution in [3.8, 4) is 0 Å². The maximum Gasteiger partial charge on any atom is 0.270 e. The number of aromatic nitrogens is 1. The molecule has 0 bridgehead atoms. The first-order valence-electron chi connectivity index (χ1n) is 7.79. The van der Waals surface area contributed by atoms with E-state index in [9.17, 15) is 9.59 Å². The maximum absolute atomic E-state index is 12.7. The lowest BCUT2D eigenvalue weighted by atomic mass is 9.98. The molecule has 2 unspecified atom stereocenters. The van der Waals surface area contributed by atoms with Crippen molar-refractivity contribution < 1.29 is 14.3 Å². The quantitative estimate of drug-likeness (QED) is 0.771. The van der Waals surface area contributed by atoms with Crippen molar-refractivity contribution in [1.82, 2.24) is 14.4 Å². The second-order valence-electron chi connectivity index (χ2n) is 6.15. The smallest absolute Gasteiger partial charge is 0.270 e. The number of hydrogen-bond acceptors (Lipinski definition) is 3. The zero-order valence-corrected chi connectivity index (χ0v) is 13.4. The molecule has 2 aliphatic rings. The molecule has 22 heavy (non-hydrogen) atoms. The van der Waals surface area contributed by atoms with E-state index >= 15 is 0 Å². The predicted molar refractivity (Wildman–Crippen MR) is 81.6 cm³/mol. The number of carbonyl (C=O) groups excluding carboxylic acids is 2. The third-order valence-corrected chi connectivity index (χ3v) is 4.87. The largest absolute Gasteiger partial charge is 0.374 e.